The summed E-state index contributed by atoms with van der Waals surface area (Å²) in [4.78, 5) is 18.3. The highest BCUT2D eigenvalue weighted by Gasteiger charge is 2.34. The van der Waals surface area contributed by atoms with Gasteiger partial charge >= 0.3 is 0 Å². The minimum absolute atomic E-state index is 0.0195. The summed E-state index contributed by atoms with van der Waals surface area (Å²) in [6.07, 6.45) is 6.12. The summed E-state index contributed by atoms with van der Waals surface area (Å²) >= 11 is 1.63. The van der Waals surface area contributed by atoms with E-state index in [2.05, 4.69) is 10.3 Å². The molecule has 0 saturated heterocycles. The molecule has 0 atom stereocenters. The van der Waals surface area contributed by atoms with E-state index in [0.717, 1.165) is 30.8 Å². The molecule has 106 valence electrons. The molecule has 1 amide bonds. The van der Waals surface area contributed by atoms with Crippen molar-refractivity contribution in [3.63, 3.8) is 0 Å². The van der Waals surface area contributed by atoms with Crippen LogP contribution in [0.1, 0.15) is 50.1 Å². The zero-order valence-corrected chi connectivity index (χ0v) is 12.6. The molecule has 1 aromatic rings. The van der Waals surface area contributed by atoms with E-state index in [4.69, 9.17) is 5.73 Å². The molecule has 5 heteroatoms. The van der Waals surface area contributed by atoms with Crippen LogP contribution >= 0.6 is 11.3 Å². The van der Waals surface area contributed by atoms with Gasteiger partial charge < -0.3 is 11.1 Å². The Morgan fingerprint density at radius 2 is 2.05 bits per heavy atom. The third-order valence-corrected chi connectivity index (χ3v) is 5.36. The van der Waals surface area contributed by atoms with Crippen molar-refractivity contribution in [3.8, 4) is 0 Å². The van der Waals surface area contributed by atoms with Crippen molar-refractivity contribution in [1.29, 1.82) is 0 Å². The van der Waals surface area contributed by atoms with Gasteiger partial charge in [0, 0.05) is 11.4 Å². The summed E-state index contributed by atoms with van der Waals surface area (Å²) in [5.41, 5.74) is 6.53. The number of aryl methyl sites for hydroxylation is 2. The van der Waals surface area contributed by atoms with Gasteiger partial charge in [-0.15, -0.1) is 11.3 Å². The molecular weight excluding hydrogens is 258 g/mol. The van der Waals surface area contributed by atoms with Crippen LogP contribution in [-0.2, 0) is 17.6 Å². The number of nitrogens with two attached hydrogens (primary N) is 1. The highest BCUT2D eigenvalue weighted by atomic mass is 32.1. The molecule has 0 aliphatic heterocycles. The van der Waals surface area contributed by atoms with E-state index in [9.17, 15) is 4.79 Å². The summed E-state index contributed by atoms with van der Waals surface area (Å²) in [6, 6.07) is 0. The number of thiazole rings is 1. The van der Waals surface area contributed by atoms with Crippen LogP contribution in [0.2, 0.25) is 0 Å². The summed E-state index contributed by atoms with van der Waals surface area (Å²) < 4.78 is 0. The first kappa shape index (κ1) is 14.5. The Bertz CT molecular complexity index is 420. The molecule has 2 rings (SSSR count). The number of anilines is 1. The maximum atomic E-state index is 12.4. The fraction of sp³-hybridized carbons (Fsp3) is 0.714. The SMILES string of the molecule is CCC(CC)(CN)C(=O)Nc1nc2c(s1)CCCC2. The Labute approximate surface area is 118 Å². The molecule has 1 aliphatic carbocycles. The second-order valence-electron chi connectivity index (χ2n) is 5.24. The lowest BCUT2D eigenvalue weighted by Crippen LogP contribution is -2.41. The van der Waals surface area contributed by atoms with Crippen molar-refractivity contribution < 1.29 is 4.79 Å². The minimum Gasteiger partial charge on any atom is -0.329 e. The molecule has 0 radical (unpaired) electrons. The maximum absolute atomic E-state index is 12.4. The number of hydrogen-bond acceptors (Lipinski definition) is 4. The molecule has 0 saturated carbocycles. The van der Waals surface area contributed by atoms with E-state index in [0.29, 0.717) is 6.54 Å². The smallest absolute Gasteiger partial charge is 0.233 e. The summed E-state index contributed by atoms with van der Waals surface area (Å²) in [5, 5.41) is 3.73. The second kappa shape index (κ2) is 6.01. The van der Waals surface area contributed by atoms with E-state index in [1.54, 1.807) is 11.3 Å². The van der Waals surface area contributed by atoms with Crippen LogP contribution in [0.4, 0.5) is 5.13 Å². The topological polar surface area (TPSA) is 68.0 Å². The number of amides is 1. The Kier molecular flexibility index (Phi) is 4.58. The third kappa shape index (κ3) is 2.82. The number of aromatic nitrogens is 1. The van der Waals surface area contributed by atoms with Crippen LogP contribution in [0, 0.1) is 5.41 Å². The van der Waals surface area contributed by atoms with E-state index in [1.807, 2.05) is 13.8 Å². The molecule has 1 heterocycles. The maximum Gasteiger partial charge on any atom is 0.233 e. The molecule has 0 unspecified atom stereocenters. The lowest BCUT2D eigenvalue weighted by Gasteiger charge is -2.27. The van der Waals surface area contributed by atoms with Crippen molar-refractivity contribution in [3.05, 3.63) is 10.6 Å². The fourth-order valence-corrected chi connectivity index (χ4v) is 3.63. The molecule has 0 bridgehead atoms. The number of nitrogens with zero attached hydrogens (tertiary/aromatic N) is 1. The molecule has 4 nitrogen and oxygen atoms in total. The molecule has 1 aromatic heterocycles. The van der Waals surface area contributed by atoms with Crippen LogP contribution in [0.25, 0.3) is 0 Å². The predicted octanol–water partition coefficient (Wildman–Crippen LogP) is 2.73. The van der Waals surface area contributed by atoms with Gasteiger partial charge in [-0.3, -0.25) is 4.79 Å². The van der Waals surface area contributed by atoms with Crippen molar-refractivity contribution in [2.45, 2.75) is 52.4 Å². The second-order valence-corrected chi connectivity index (χ2v) is 6.33. The van der Waals surface area contributed by atoms with Gasteiger partial charge in [-0.05, 0) is 38.5 Å². The summed E-state index contributed by atoms with van der Waals surface area (Å²) in [7, 11) is 0. The van der Waals surface area contributed by atoms with Gasteiger partial charge in [-0.1, -0.05) is 13.8 Å². The highest BCUT2D eigenvalue weighted by Crippen LogP contribution is 2.32. The van der Waals surface area contributed by atoms with Gasteiger partial charge in [0.1, 0.15) is 0 Å². The molecule has 1 aliphatic rings. The standard InChI is InChI=1S/C14H23N3OS/c1-3-14(4-2,9-15)12(18)17-13-16-10-7-5-6-8-11(10)19-13/h3-9,15H2,1-2H3,(H,16,17,18). The van der Waals surface area contributed by atoms with Crippen molar-refractivity contribution in [1.82, 2.24) is 4.98 Å². The zero-order valence-electron chi connectivity index (χ0n) is 11.8. The largest absolute Gasteiger partial charge is 0.329 e. The zero-order chi connectivity index (χ0) is 13.9. The normalized spacial score (nSPS) is 15.1. The molecule has 19 heavy (non-hydrogen) atoms. The monoisotopic (exact) mass is 281 g/mol. The van der Waals surface area contributed by atoms with Crippen molar-refractivity contribution in [2.24, 2.45) is 11.1 Å². The van der Waals surface area contributed by atoms with Gasteiger partial charge in [0.05, 0.1) is 11.1 Å². The third-order valence-electron chi connectivity index (χ3n) is 4.29. The van der Waals surface area contributed by atoms with Gasteiger partial charge in [-0.2, -0.15) is 0 Å². The quantitative estimate of drug-likeness (QED) is 0.872. The molecular formula is C14H23N3OS. The lowest BCUT2D eigenvalue weighted by molar-refractivity contribution is -0.125. The Hall–Kier alpha value is -0.940. The fourth-order valence-electron chi connectivity index (χ4n) is 2.59. The average molecular weight is 281 g/mol. The summed E-state index contributed by atoms with van der Waals surface area (Å²) in [6.45, 7) is 4.42. The predicted molar refractivity (Wildman–Crippen MR) is 79.5 cm³/mol. The van der Waals surface area contributed by atoms with Gasteiger partial charge in [0.2, 0.25) is 5.91 Å². The van der Waals surface area contributed by atoms with Crippen LogP contribution in [0.3, 0.4) is 0 Å². The van der Waals surface area contributed by atoms with E-state index < -0.39 is 5.41 Å². The molecule has 0 spiro atoms. The van der Waals surface area contributed by atoms with Gasteiger partial charge in [0.25, 0.3) is 0 Å². The van der Waals surface area contributed by atoms with Gasteiger partial charge in [0.15, 0.2) is 5.13 Å². The lowest BCUT2D eigenvalue weighted by atomic mass is 9.81. The number of rotatable bonds is 5. The first-order valence-corrected chi connectivity index (χ1v) is 7.97. The van der Waals surface area contributed by atoms with Crippen molar-refractivity contribution in [2.75, 3.05) is 11.9 Å². The Balaban J connectivity index is 2.12. The van der Waals surface area contributed by atoms with Crippen molar-refractivity contribution >= 4 is 22.4 Å². The number of carbonyl (C=O) groups excluding carboxylic acids is 1. The van der Waals surface area contributed by atoms with E-state index in [-0.39, 0.29) is 5.91 Å². The van der Waals surface area contributed by atoms with Crippen LogP contribution in [-0.4, -0.2) is 17.4 Å². The average Bonchev–Trinajstić information content (AvgIpc) is 2.83. The number of carbonyl (C=O) groups is 1. The van der Waals surface area contributed by atoms with Crippen LogP contribution in [0.5, 0.6) is 0 Å². The number of fused-ring (bicyclic) bond motifs is 1. The molecule has 0 fully saturated rings. The first-order chi connectivity index (χ1) is 9.15. The Morgan fingerprint density at radius 3 is 2.63 bits per heavy atom. The highest BCUT2D eigenvalue weighted by molar-refractivity contribution is 7.15. The summed E-state index contributed by atoms with van der Waals surface area (Å²) in [5.74, 6) is 0.0195. The van der Waals surface area contributed by atoms with E-state index in [1.165, 1.54) is 23.4 Å². The minimum atomic E-state index is -0.452. The molecule has 3 N–H and O–H groups in total. The first-order valence-electron chi connectivity index (χ1n) is 7.15. The number of nitrogens with one attached hydrogen (secondary N) is 1. The number of hydrogen-bond donors (Lipinski definition) is 2. The molecule has 0 aromatic carbocycles. The van der Waals surface area contributed by atoms with Crippen LogP contribution < -0.4 is 11.1 Å². The van der Waals surface area contributed by atoms with Gasteiger partial charge in [-0.25, -0.2) is 4.98 Å². The van der Waals surface area contributed by atoms with E-state index >= 15 is 0 Å². The Morgan fingerprint density at radius 1 is 1.37 bits per heavy atom. The van der Waals surface area contributed by atoms with Crippen LogP contribution in [0.15, 0.2) is 0 Å².